The van der Waals surface area contributed by atoms with Crippen molar-refractivity contribution >= 4 is 28.6 Å². The summed E-state index contributed by atoms with van der Waals surface area (Å²) in [4.78, 5) is 0. The number of benzene rings is 4. The zero-order chi connectivity index (χ0) is 18.3. The van der Waals surface area contributed by atoms with Crippen LogP contribution >= 0.6 is 15.3 Å². The lowest BCUT2D eigenvalue weighted by Gasteiger charge is -2.34. The maximum absolute atomic E-state index is 3.68. The number of rotatable bonds is 3. The minimum Gasteiger partial charge on any atom is -0.125 e. The molecule has 5 rings (SSSR count). The molecule has 1 aliphatic rings. The molecular formula is C25H17BrSi. The second-order valence-electron chi connectivity index (χ2n) is 6.88. The third-order valence-corrected chi connectivity index (χ3v) is 7.47. The van der Waals surface area contributed by atoms with Gasteiger partial charge in [-0.25, -0.2) is 0 Å². The molecule has 0 amide bonds. The van der Waals surface area contributed by atoms with Crippen LogP contribution in [-0.2, 0) is 5.41 Å². The van der Waals surface area contributed by atoms with E-state index in [4.69, 9.17) is 0 Å². The summed E-state index contributed by atoms with van der Waals surface area (Å²) in [7, 11) is 0.604. The van der Waals surface area contributed by atoms with E-state index in [0.717, 1.165) is 0 Å². The molecule has 0 fully saturated rings. The number of fused-ring (bicyclic) bond motifs is 3. The lowest BCUT2D eigenvalue weighted by molar-refractivity contribution is 0.769. The molecule has 2 radical (unpaired) electrons. The van der Waals surface area contributed by atoms with Crippen LogP contribution in [0.15, 0.2) is 103 Å². The van der Waals surface area contributed by atoms with Crippen molar-refractivity contribution in [2.75, 3.05) is 0 Å². The number of halogens is 1. The van der Waals surface area contributed by atoms with Gasteiger partial charge < -0.3 is 0 Å². The smallest absolute Gasteiger partial charge is 0.125 e. The fourth-order valence-electron chi connectivity index (χ4n) is 4.50. The van der Waals surface area contributed by atoms with Gasteiger partial charge >= 0.3 is 0 Å². The Kier molecular flexibility index (Phi) is 4.11. The van der Waals surface area contributed by atoms with Crippen LogP contribution < -0.4 is 5.19 Å². The normalized spacial score (nSPS) is 13.8. The van der Waals surface area contributed by atoms with Crippen LogP contribution in [0.4, 0.5) is 0 Å². The van der Waals surface area contributed by atoms with Crippen molar-refractivity contribution in [3.8, 4) is 11.1 Å². The summed E-state index contributed by atoms with van der Waals surface area (Å²) in [5, 5.41) is 1.33. The molecule has 0 nitrogen and oxygen atoms in total. The Hall–Kier alpha value is -2.42. The SMILES string of the molecule is Br[Si]c1ccc2c(c1)C(c1ccccc1)(c1ccccc1)c1ccccc1-2. The molecule has 27 heavy (non-hydrogen) atoms. The largest absolute Gasteiger partial charge is 0.175 e. The van der Waals surface area contributed by atoms with E-state index in [2.05, 4.69) is 118 Å². The summed E-state index contributed by atoms with van der Waals surface area (Å²) < 4.78 is 0. The van der Waals surface area contributed by atoms with Crippen LogP contribution in [0, 0.1) is 0 Å². The second kappa shape index (κ2) is 6.63. The summed E-state index contributed by atoms with van der Waals surface area (Å²) >= 11 is 3.68. The molecule has 0 aromatic heterocycles. The van der Waals surface area contributed by atoms with Gasteiger partial charge in [-0.3, -0.25) is 0 Å². The first-order chi connectivity index (χ1) is 13.4. The van der Waals surface area contributed by atoms with Crippen molar-refractivity contribution in [3.63, 3.8) is 0 Å². The molecule has 0 atom stereocenters. The topological polar surface area (TPSA) is 0 Å². The Morgan fingerprint density at radius 2 is 1.11 bits per heavy atom. The van der Waals surface area contributed by atoms with E-state index in [0.29, 0.717) is 8.14 Å². The lowest BCUT2D eigenvalue weighted by Crippen LogP contribution is -2.29. The highest BCUT2D eigenvalue weighted by Crippen LogP contribution is 2.55. The highest BCUT2D eigenvalue weighted by Gasteiger charge is 2.45. The molecule has 4 aromatic rings. The van der Waals surface area contributed by atoms with Gasteiger partial charge in [-0.1, -0.05) is 103 Å². The molecule has 4 aromatic carbocycles. The Morgan fingerprint density at radius 3 is 1.74 bits per heavy atom. The Labute approximate surface area is 170 Å². The quantitative estimate of drug-likeness (QED) is 0.257. The molecule has 0 spiro atoms. The molecule has 0 unspecified atom stereocenters. The Balaban J connectivity index is 1.97. The first-order valence-electron chi connectivity index (χ1n) is 9.08. The summed E-state index contributed by atoms with van der Waals surface area (Å²) in [5.41, 5.74) is 7.78. The van der Waals surface area contributed by atoms with E-state index in [-0.39, 0.29) is 5.41 Å². The van der Waals surface area contributed by atoms with Crippen LogP contribution in [0.3, 0.4) is 0 Å². The Bertz CT molecular complexity index is 1060. The molecule has 0 saturated heterocycles. The predicted molar refractivity (Wildman–Crippen MR) is 118 cm³/mol. The standard InChI is InChI=1S/C25H17BrSi/c26-27-20-15-16-22-21-13-7-8-14-23(21)25(24(22)17-20,18-9-3-1-4-10-18)19-11-5-2-6-12-19/h1-17H. The molecule has 2 heteroatoms. The van der Waals surface area contributed by atoms with Gasteiger partial charge in [0.2, 0.25) is 0 Å². The monoisotopic (exact) mass is 424 g/mol. The fourth-order valence-corrected chi connectivity index (χ4v) is 5.59. The highest BCUT2D eigenvalue weighted by molar-refractivity contribution is 9.23. The number of hydrogen-bond donors (Lipinski definition) is 0. The van der Waals surface area contributed by atoms with Crippen LogP contribution in [0.1, 0.15) is 22.3 Å². The number of hydrogen-bond acceptors (Lipinski definition) is 0. The minimum atomic E-state index is -0.281. The van der Waals surface area contributed by atoms with Crippen molar-refractivity contribution in [1.82, 2.24) is 0 Å². The molecule has 0 heterocycles. The Morgan fingerprint density at radius 1 is 0.556 bits per heavy atom. The molecule has 1 aliphatic carbocycles. The van der Waals surface area contributed by atoms with Crippen molar-refractivity contribution in [2.24, 2.45) is 0 Å². The van der Waals surface area contributed by atoms with Crippen molar-refractivity contribution in [3.05, 3.63) is 125 Å². The van der Waals surface area contributed by atoms with Crippen molar-refractivity contribution < 1.29 is 0 Å². The molecule has 0 bridgehead atoms. The van der Waals surface area contributed by atoms with Gasteiger partial charge in [-0.15, -0.1) is 15.3 Å². The highest BCUT2D eigenvalue weighted by atomic mass is 79.9. The van der Waals surface area contributed by atoms with Crippen LogP contribution in [-0.4, -0.2) is 8.14 Å². The molecule has 0 aliphatic heterocycles. The average molecular weight is 425 g/mol. The van der Waals surface area contributed by atoms with Crippen LogP contribution in [0.25, 0.3) is 11.1 Å². The fraction of sp³-hybridized carbons (Fsp3) is 0.0400. The van der Waals surface area contributed by atoms with Gasteiger partial charge in [-0.05, 0) is 38.6 Å². The van der Waals surface area contributed by atoms with Crippen molar-refractivity contribution in [1.29, 1.82) is 0 Å². The van der Waals surface area contributed by atoms with Gasteiger partial charge in [0.25, 0.3) is 0 Å². The molecule has 0 N–H and O–H groups in total. The minimum absolute atomic E-state index is 0.281. The second-order valence-corrected chi connectivity index (χ2v) is 8.84. The third kappa shape index (κ3) is 2.40. The molecule has 0 saturated carbocycles. The van der Waals surface area contributed by atoms with E-state index < -0.39 is 0 Å². The van der Waals surface area contributed by atoms with E-state index in [1.165, 1.54) is 38.6 Å². The van der Waals surface area contributed by atoms with Gasteiger partial charge in [0.05, 0.1) is 5.41 Å². The van der Waals surface area contributed by atoms with E-state index in [1.54, 1.807) is 0 Å². The predicted octanol–water partition coefficient (Wildman–Crippen LogP) is 5.69. The van der Waals surface area contributed by atoms with Crippen LogP contribution in [0.2, 0.25) is 0 Å². The first-order valence-corrected chi connectivity index (χ1v) is 12.3. The third-order valence-electron chi connectivity index (χ3n) is 5.57. The summed E-state index contributed by atoms with van der Waals surface area (Å²) in [5.74, 6) is 0. The van der Waals surface area contributed by atoms with Gasteiger partial charge in [0, 0.05) is 0 Å². The maximum Gasteiger partial charge on any atom is 0.175 e. The van der Waals surface area contributed by atoms with Gasteiger partial charge in [-0.2, -0.15) is 0 Å². The summed E-state index contributed by atoms with van der Waals surface area (Å²) in [6, 6.07) is 37.7. The van der Waals surface area contributed by atoms with Gasteiger partial charge in [0.15, 0.2) is 8.14 Å². The van der Waals surface area contributed by atoms with E-state index in [9.17, 15) is 0 Å². The van der Waals surface area contributed by atoms with E-state index >= 15 is 0 Å². The zero-order valence-corrected chi connectivity index (χ0v) is 17.3. The maximum atomic E-state index is 3.68. The lowest BCUT2D eigenvalue weighted by atomic mass is 9.68. The zero-order valence-electron chi connectivity index (χ0n) is 14.7. The first kappa shape index (κ1) is 16.7. The van der Waals surface area contributed by atoms with E-state index in [1.807, 2.05) is 0 Å². The van der Waals surface area contributed by atoms with Gasteiger partial charge in [0.1, 0.15) is 0 Å². The summed E-state index contributed by atoms with van der Waals surface area (Å²) in [6.45, 7) is 0. The average Bonchev–Trinajstić information content (AvgIpc) is 3.05. The van der Waals surface area contributed by atoms with Crippen LogP contribution in [0.5, 0.6) is 0 Å². The molecule has 128 valence electrons. The molecular weight excluding hydrogens is 408 g/mol. The summed E-state index contributed by atoms with van der Waals surface area (Å²) in [6.07, 6.45) is 0. The van der Waals surface area contributed by atoms with Crippen molar-refractivity contribution in [2.45, 2.75) is 5.41 Å².